The number of aryl methyl sites for hydroxylation is 1. The molecule has 0 spiro atoms. The summed E-state index contributed by atoms with van der Waals surface area (Å²) >= 11 is 0. The number of anilines is 1. The van der Waals surface area contributed by atoms with E-state index in [0.717, 1.165) is 9.87 Å². The van der Waals surface area contributed by atoms with Crippen LogP contribution in [0.3, 0.4) is 0 Å². The fourth-order valence-electron chi connectivity index (χ4n) is 2.57. The smallest absolute Gasteiger partial charge is 0.264 e. The van der Waals surface area contributed by atoms with Gasteiger partial charge in [0.05, 0.1) is 17.7 Å². The summed E-state index contributed by atoms with van der Waals surface area (Å²) in [5, 5.41) is 2.86. The number of nitrogens with zero attached hydrogens (tertiary/aromatic N) is 1. The van der Waals surface area contributed by atoms with Crippen LogP contribution in [0, 0.1) is 12.8 Å². The third kappa shape index (κ3) is 5.04. The summed E-state index contributed by atoms with van der Waals surface area (Å²) in [5.41, 5.74) is 1.27. The zero-order chi connectivity index (χ0) is 20.9. The molecule has 0 unspecified atom stereocenters. The molecule has 2 aromatic rings. The van der Waals surface area contributed by atoms with Gasteiger partial charge in [0.15, 0.2) is 0 Å². The number of amides is 1. The maximum Gasteiger partial charge on any atom is 0.264 e. The van der Waals surface area contributed by atoms with E-state index in [1.54, 1.807) is 48.5 Å². The fraction of sp³-hybridized carbons (Fsp3) is 0.381. The van der Waals surface area contributed by atoms with Crippen molar-refractivity contribution in [2.24, 2.45) is 5.92 Å². The van der Waals surface area contributed by atoms with Crippen LogP contribution in [0.1, 0.15) is 26.3 Å². The Labute approximate surface area is 167 Å². The first-order valence-electron chi connectivity index (χ1n) is 9.18. The van der Waals surface area contributed by atoms with E-state index in [1.807, 2.05) is 27.7 Å². The summed E-state index contributed by atoms with van der Waals surface area (Å²) in [4.78, 5) is 12.7. The van der Waals surface area contributed by atoms with E-state index >= 15 is 0 Å². The Bertz CT molecular complexity index is 908. The first-order valence-corrected chi connectivity index (χ1v) is 10.6. The van der Waals surface area contributed by atoms with Crippen LogP contribution in [0.4, 0.5) is 5.69 Å². The second-order valence-corrected chi connectivity index (χ2v) is 8.96. The van der Waals surface area contributed by atoms with E-state index in [2.05, 4.69) is 5.32 Å². The number of ether oxygens (including phenoxy) is 1. The van der Waals surface area contributed by atoms with Gasteiger partial charge in [0.25, 0.3) is 10.0 Å². The van der Waals surface area contributed by atoms with Crippen molar-refractivity contribution in [1.82, 2.24) is 5.32 Å². The number of methoxy groups -OCH3 is 1. The van der Waals surface area contributed by atoms with E-state index in [9.17, 15) is 13.2 Å². The van der Waals surface area contributed by atoms with Gasteiger partial charge in [-0.1, -0.05) is 43.7 Å². The lowest BCUT2D eigenvalue weighted by Gasteiger charge is -2.27. The number of para-hydroxylation sites is 2. The molecule has 152 valence electrons. The molecular formula is C21H28N2O4S. The van der Waals surface area contributed by atoms with Gasteiger partial charge in [-0.2, -0.15) is 0 Å². The van der Waals surface area contributed by atoms with Gasteiger partial charge >= 0.3 is 0 Å². The summed E-state index contributed by atoms with van der Waals surface area (Å²) in [6.45, 7) is 7.42. The molecule has 7 heteroatoms. The molecule has 6 nitrogen and oxygen atoms in total. The second-order valence-electron chi connectivity index (χ2n) is 7.10. The minimum atomic E-state index is -3.96. The predicted octanol–water partition coefficient (Wildman–Crippen LogP) is 3.36. The van der Waals surface area contributed by atoms with Gasteiger partial charge in [-0.25, -0.2) is 8.42 Å². The molecule has 0 saturated heterocycles. The first kappa shape index (κ1) is 21.8. The lowest BCUT2D eigenvalue weighted by molar-refractivity contribution is -0.120. The molecule has 0 fully saturated rings. The quantitative estimate of drug-likeness (QED) is 0.732. The van der Waals surface area contributed by atoms with Crippen LogP contribution in [0.5, 0.6) is 5.75 Å². The van der Waals surface area contributed by atoms with Gasteiger partial charge in [0, 0.05) is 6.04 Å². The lowest BCUT2D eigenvalue weighted by atomic mass is 10.1. The Kier molecular flexibility index (Phi) is 7.07. The third-order valence-electron chi connectivity index (χ3n) is 4.64. The van der Waals surface area contributed by atoms with Crippen molar-refractivity contribution in [1.29, 1.82) is 0 Å². The molecule has 2 rings (SSSR count). The van der Waals surface area contributed by atoms with Crippen LogP contribution < -0.4 is 14.4 Å². The Hall–Kier alpha value is -2.54. The van der Waals surface area contributed by atoms with E-state index in [1.165, 1.54) is 7.11 Å². The molecule has 0 aliphatic carbocycles. The number of carbonyl (C=O) groups excluding carboxylic acids is 1. The number of hydrogen-bond acceptors (Lipinski definition) is 4. The van der Waals surface area contributed by atoms with Crippen LogP contribution in [0.15, 0.2) is 53.4 Å². The van der Waals surface area contributed by atoms with Crippen molar-refractivity contribution in [3.05, 3.63) is 54.1 Å². The van der Waals surface area contributed by atoms with Gasteiger partial charge in [-0.05, 0) is 44.0 Å². The van der Waals surface area contributed by atoms with Crippen molar-refractivity contribution in [3.63, 3.8) is 0 Å². The molecule has 1 amide bonds. The van der Waals surface area contributed by atoms with Crippen LogP contribution in [0.2, 0.25) is 0 Å². The SMILES string of the molecule is COc1ccccc1N(CC(=O)N[C@H](C)C(C)C)S(=O)(=O)c1ccc(C)cc1. The molecule has 0 aromatic heterocycles. The van der Waals surface area contributed by atoms with Gasteiger partial charge in [0.2, 0.25) is 5.91 Å². The highest BCUT2D eigenvalue weighted by Crippen LogP contribution is 2.32. The molecule has 0 heterocycles. The number of nitrogens with one attached hydrogen (secondary N) is 1. The van der Waals surface area contributed by atoms with Gasteiger partial charge in [-0.3, -0.25) is 9.10 Å². The number of rotatable bonds is 8. The molecule has 28 heavy (non-hydrogen) atoms. The van der Waals surface area contributed by atoms with Crippen LogP contribution in [-0.4, -0.2) is 34.0 Å². The molecule has 1 atom stereocenters. The molecule has 0 saturated carbocycles. The topological polar surface area (TPSA) is 75.7 Å². The largest absolute Gasteiger partial charge is 0.495 e. The van der Waals surface area contributed by atoms with E-state index < -0.39 is 10.0 Å². The number of sulfonamides is 1. The summed E-state index contributed by atoms with van der Waals surface area (Å²) in [6, 6.07) is 13.2. The van der Waals surface area contributed by atoms with E-state index in [0.29, 0.717) is 11.4 Å². The van der Waals surface area contributed by atoms with Crippen molar-refractivity contribution in [2.75, 3.05) is 18.0 Å². The van der Waals surface area contributed by atoms with E-state index in [4.69, 9.17) is 4.74 Å². The first-order chi connectivity index (χ1) is 13.2. The average Bonchev–Trinajstić information content (AvgIpc) is 2.66. The summed E-state index contributed by atoms with van der Waals surface area (Å²) in [7, 11) is -2.49. The highest BCUT2D eigenvalue weighted by molar-refractivity contribution is 7.92. The van der Waals surface area contributed by atoms with Gasteiger partial charge in [0.1, 0.15) is 12.3 Å². The van der Waals surface area contributed by atoms with Crippen LogP contribution >= 0.6 is 0 Å². The van der Waals surface area contributed by atoms with Crippen LogP contribution in [-0.2, 0) is 14.8 Å². The molecular weight excluding hydrogens is 376 g/mol. The Morgan fingerprint density at radius 1 is 1.07 bits per heavy atom. The third-order valence-corrected chi connectivity index (χ3v) is 6.41. The van der Waals surface area contributed by atoms with Crippen LogP contribution in [0.25, 0.3) is 0 Å². The van der Waals surface area contributed by atoms with Crippen molar-refractivity contribution in [3.8, 4) is 5.75 Å². The minimum Gasteiger partial charge on any atom is -0.495 e. The lowest BCUT2D eigenvalue weighted by Crippen LogP contribution is -2.45. The average molecular weight is 405 g/mol. The molecule has 0 radical (unpaired) electrons. The van der Waals surface area contributed by atoms with E-state index in [-0.39, 0.29) is 29.3 Å². The molecule has 1 N–H and O–H groups in total. The molecule has 2 aromatic carbocycles. The number of carbonyl (C=O) groups is 1. The summed E-state index contributed by atoms with van der Waals surface area (Å²) in [6.07, 6.45) is 0. The standard InChI is InChI=1S/C21H28N2O4S/c1-15(2)17(4)22-21(24)14-23(19-8-6-7-9-20(19)27-5)28(25,26)18-12-10-16(3)11-13-18/h6-13,15,17H,14H2,1-5H3,(H,22,24)/t17-/m1/s1. The minimum absolute atomic E-state index is 0.0749. The maximum absolute atomic E-state index is 13.4. The Balaban J connectivity index is 2.47. The second kappa shape index (κ2) is 9.10. The molecule has 0 aliphatic rings. The maximum atomic E-state index is 13.4. The zero-order valence-electron chi connectivity index (χ0n) is 17.0. The summed E-state index contributed by atoms with van der Waals surface area (Å²) in [5.74, 6) is 0.239. The zero-order valence-corrected chi connectivity index (χ0v) is 17.8. The monoisotopic (exact) mass is 404 g/mol. The highest BCUT2D eigenvalue weighted by Gasteiger charge is 2.29. The molecule has 0 aliphatic heterocycles. The summed E-state index contributed by atoms with van der Waals surface area (Å²) < 4.78 is 33.2. The predicted molar refractivity (Wildman–Crippen MR) is 111 cm³/mol. The fourth-order valence-corrected chi connectivity index (χ4v) is 4.00. The molecule has 0 bridgehead atoms. The normalized spacial score (nSPS) is 12.5. The van der Waals surface area contributed by atoms with Crippen molar-refractivity contribution in [2.45, 2.75) is 38.6 Å². The number of hydrogen-bond donors (Lipinski definition) is 1. The highest BCUT2D eigenvalue weighted by atomic mass is 32.2. The van der Waals surface area contributed by atoms with Crippen molar-refractivity contribution < 1.29 is 17.9 Å². The van der Waals surface area contributed by atoms with Gasteiger partial charge < -0.3 is 10.1 Å². The van der Waals surface area contributed by atoms with Crippen molar-refractivity contribution >= 4 is 21.6 Å². The number of benzene rings is 2. The Morgan fingerprint density at radius 2 is 1.68 bits per heavy atom. The Morgan fingerprint density at radius 3 is 2.25 bits per heavy atom. The van der Waals surface area contributed by atoms with Gasteiger partial charge in [-0.15, -0.1) is 0 Å².